The van der Waals surface area contributed by atoms with Gasteiger partial charge in [0, 0.05) is 54.8 Å². The molecule has 7 heteroatoms. The number of nitrogens with two attached hydrogens (primary N) is 1. The predicted octanol–water partition coefficient (Wildman–Crippen LogP) is 9.13. The molecule has 16 rings (SSSR count). The largest absolute Gasteiger partial charge is 0.449 e. The van der Waals surface area contributed by atoms with E-state index in [1.807, 2.05) is 0 Å². The van der Waals surface area contributed by atoms with Gasteiger partial charge < -0.3 is 20.1 Å². The predicted molar refractivity (Wildman–Crippen MR) is 226 cm³/mol. The lowest BCUT2D eigenvalue weighted by molar-refractivity contribution is -0.278. The van der Waals surface area contributed by atoms with E-state index in [2.05, 4.69) is 54.0 Å². The normalized spacial score (nSPS) is 45.9. The summed E-state index contributed by atoms with van der Waals surface area (Å²) in [5, 5.41) is 0. The van der Waals surface area contributed by atoms with Crippen molar-refractivity contribution in [2.75, 3.05) is 26.2 Å². The second-order valence-corrected chi connectivity index (χ2v) is 22.1. The summed E-state index contributed by atoms with van der Waals surface area (Å²) >= 11 is 0. The van der Waals surface area contributed by atoms with Crippen LogP contribution < -0.4 is 5.73 Å². The number of ether oxygens (including phenoxy) is 2. The van der Waals surface area contributed by atoms with Crippen molar-refractivity contribution >= 4 is 11.9 Å². The zero-order valence-corrected chi connectivity index (χ0v) is 35.6. The fraction of sp³-hybridized carbons (Fsp3) is 0.692. The number of hydrogen-bond donors (Lipinski definition) is 1. The third kappa shape index (κ3) is 4.39. The minimum atomic E-state index is -0.946. The Balaban J connectivity index is 1.09. The Labute approximate surface area is 351 Å². The third-order valence-corrected chi connectivity index (χ3v) is 19.6. The van der Waals surface area contributed by atoms with Crippen molar-refractivity contribution in [1.29, 1.82) is 0 Å². The van der Waals surface area contributed by atoms with Gasteiger partial charge >= 0.3 is 11.9 Å². The van der Waals surface area contributed by atoms with Gasteiger partial charge in [-0.3, -0.25) is 9.69 Å². The maximum Gasteiger partial charge on any atom is 0.339 e. The fourth-order valence-electron chi connectivity index (χ4n) is 17.7. The van der Waals surface area contributed by atoms with Gasteiger partial charge in [-0.15, -0.1) is 0 Å². The number of nitrogens with zero attached hydrogens (tertiary/aromatic N) is 2. The average Bonchev–Trinajstić information content (AvgIpc) is 3.69. The maximum atomic E-state index is 15.9. The third-order valence-electron chi connectivity index (χ3n) is 19.6. The first-order valence-corrected chi connectivity index (χ1v) is 24.5. The topological polar surface area (TPSA) is 85.1 Å². The summed E-state index contributed by atoms with van der Waals surface area (Å²) < 4.78 is 14.3. The van der Waals surface area contributed by atoms with Gasteiger partial charge in [-0.05, 0) is 155 Å². The Kier molecular flexibility index (Phi) is 7.86. The zero-order valence-electron chi connectivity index (χ0n) is 35.6. The van der Waals surface area contributed by atoms with E-state index < -0.39 is 16.4 Å². The molecule has 6 aliphatic carbocycles. The number of hydrogen-bond acceptors (Lipinski definition) is 7. The smallest absolute Gasteiger partial charge is 0.339 e. The van der Waals surface area contributed by atoms with Gasteiger partial charge in [0.05, 0.1) is 11.0 Å². The van der Waals surface area contributed by atoms with E-state index in [9.17, 15) is 4.79 Å². The molecule has 59 heavy (non-hydrogen) atoms. The Morgan fingerprint density at radius 2 is 1.81 bits per heavy atom. The number of aryl methyl sites for hydroxylation is 1. The second-order valence-electron chi connectivity index (χ2n) is 22.1. The number of fused-ring (bicyclic) bond motifs is 3. The molecule has 0 amide bonds. The number of esters is 2. The molecule has 15 aliphatic rings. The lowest BCUT2D eigenvalue weighted by Crippen LogP contribution is -2.77. The molecule has 2 N–H and O–H groups in total. The summed E-state index contributed by atoms with van der Waals surface area (Å²) in [5.41, 5.74) is 14.1. The van der Waals surface area contributed by atoms with Crippen LogP contribution in [0.4, 0.5) is 0 Å². The van der Waals surface area contributed by atoms with Gasteiger partial charge in [0.1, 0.15) is 11.2 Å². The van der Waals surface area contributed by atoms with Gasteiger partial charge in [-0.25, -0.2) is 4.79 Å². The van der Waals surface area contributed by atoms with E-state index in [-0.39, 0.29) is 17.9 Å². The molecule has 1 aromatic rings. The minimum absolute atomic E-state index is 0.0447. The molecule has 3 saturated carbocycles. The van der Waals surface area contributed by atoms with Crippen molar-refractivity contribution in [2.24, 2.45) is 63.9 Å². The summed E-state index contributed by atoms with van der Waals surface area (Å²) in [5.74, 6) is 4.23. The summed E-state index contributed by atoms with van der Waals surface area (Å²) in [6.07, 6.45) is 24.0. The van der Waals surface area contributed by atoms with Crippen molar-refractivity contribution in [3.63, 3.8) is 0 Å². The minimum Gasteiger partial charge on any atom is -0.449 e. The molecule has 9 heterocycles. The van der Waals surface area contributed by atoms with Gasteiger partial charge in [0.25, 0.3) is 0 Å². The van der Waals surface area contributed by atoms with Crippen LogP contribution in [0.25, 0.3) is 0 Å². The van der Waals surface area contributed by atoms with Crippen LogP contribution in [0.5, 0.6) is 0 Å². The molecule has 1 unspecified atom stereocenters. The number of rotatable bonds is 4. The highest BCUT2D eigenvalue weighted by atomic mass is 16.6. The van der Waals surface area contributed by atoms with Gasteiger partial charge in [-0.1, -0.05) is 68.5 Å². The van der Waals surface area contributed by atoms with Crippen molar-refractivity contribution in [1.82, 2.24) is 9.80 Å². The van der Waals surface area contributed by atoms with Crippen molar-refractivity contribution in [2.45, 2.75) is 141 Å². The number of carbonyl (C=O) groups is 2. The molecular weight excluding hydrogens is 731 g/mol. The van der Waals surface area contributed by atoms with E-state index in [4.69, 9.17) is 15.2 Å². The van der Waals surface area contributed by atoms with Crippen molar-refractivity contribution in [3.05, 3.63) is 80.8 Å². The summed E-state index contributed by atoms with van der Waals surface area (Å²) in [6, 6.07) is 7.53. The fourth-order valence-corrected chi connectivity index (χ4v) is 17.7. The second kappa shape index (κ2) is 12.7. The Morgan fingerprint density at radius 1 is 0.932 bits per heavy atom. The van der Waals surface area contributed by atoms with Gasteiger partial charge in [0.15, 0.2) is 5.60 Å². The first-order valence-electron chi connectivity index (χ1n) is 24.5. The molecule has 0 radical (unpaired) electrons. The number of allylic oxidation sites excluding steroid dienone is 4. The maximum absolute atomic E-state index is 15.9. The SMILES string of the molecule is C[C@@H]1CCC2=C[C@H]3[C@H]4C5=C2[C@]26C(=O)O/C(=C\C[C@@H](C7CCCCC7)N7C[C@H]8C[C@@H](C7)[C@H]7CCC(=C4N7C8)C[C@@H]3C)[C@@]2(CC5)[C@]2(OC(=O)c3c(CCCN)cccc32)[C@H]6C1. The molecule has 3 saturated heterocycles. The molecule has 312 valence electrons. The quantitative estimate of drug-likeness (QED) is 0.305. The standard InChI is InChI=1S/C52H65N3O4/c1-29-13-14-34-25-38-30(2)23-35-15-16-41-36-24-31-26-54(28-36)40(32-8-4-3-5-9-32)17-18-43-50-20-19-37(45(38)47(35)55(41)27-31)46(34)51(50,49(57)58-43)42(22-29)52(50)39-12-6-10-33(11-7-21-53)44(39)48(56)59-52/h6,10,12,18,25,29-32,36,38,40-42,45H,3-5,7-9,11,13-17,19-24,26-28,53H2,1-2H3/b43-18-/t29-,30+,31-,36+,38-,40+,41-,42+,45-,50-,51-,52-/m1/s1. The molecular formula is C52H65N3O4. The first-order chi connectivity index (χ1) is 28.8. The lowest BCUT2D eigenvalue weighted by Gasteiger charge is -2.72. The first kappa shape index (κ1) is 36.5. The van der Waals surface area contributed by atoms with E-state index in [0.29, 0.717) is 60.1 Å². The molecule has 13 atom stereocenters. The van der Waals surface area contributed by atoms with E-state index in [1.165, 1.54) is 88.6 Å². The van der Waals surface area contributed by atoms with Crippen LogP contribution in [0.3, 0.4) is 0 Å². The van der Waals surface area contributed by atoms with Crippen LogP contribution in [0, 0.1) is 58.2 Å². The molecule has 6 fully saturated rings. The molecule has 1 aromatic carbocycles. The summed E-state index contributed by atoms with van der Waals surface area (Å²) in [7, 11) is 0. The Morgan fingerprint density at radius 3 is 2.68 bits per heavy atom. The molecule has 0 aromatic heterocycles. The Hall–Kier alpha value is -3.16. The summed E-state index contributed by atoms with van der Waals surface area (Å²) in [4.78, 5) is 36.6. The molecule has 12 bridgehead atoms. The van der Waals surface area contributed by atoms with Crippen molar-refractivity contribution < 1.29 is 19.1 Å². The van der Waals surface area contributed by atoms with Crippen LogP contribution in [-0.2, 0) is 26.3 Å². The highest BCUT2D eigenvalue weighted by Gasteiger charge is 2.93. The van der Waals surface area contributed by atoms with E-state index in [1.54, 1.807) is 16.8 Å². The van der Waals surface area contributed by atoms with E-state index >= 15 is 4.79 Å². The van der Waals surface area contributed by atoms with Gasteiger partial charge in [-0.2, -0.15) is 0 Å². The Bertz CT molecular complexity index is 2180. The van der Waals surface area contributed by atoms with Crippen LogP contribution in [0.15, 0.2) is 64.1 Å². The average molecular weight is 796 g/mol. The van der Waals surface area contributed by atoms with Gasteiger partial charge in [0.2, 0.25) is 0 Å². The molecule has 3 spiro atoms. The van der Waals surface area contributed by atoms with Crippen molar-refractivity contribution in [3.8, 4) is 0 Å². The highest BCUT2D eigenvalue weighted by Crippen LogP contribution is 2.88. The number of piperidine rings is 2. The van der Waals surface area contributed by atoms with Crippen LogP contribution in [0.2, 0.25) is 0 Å². The highest BCUT2D eigenvalue weighted by molar-refractivity contribution is 6.00. The van der Waals surface area contributed by atoms with Crippen LogP contribution in [-0.4, -0.2) is 60.0 Å². The lowest BCUT2D eigenvalue weighted by atomic mass is 9.28. The summed E-state index contributed by atoms with van der Waals surface area (Å²) in [6.45, 7) is 9.09. The van der Waals surface area contributed by atoms with Crippen LogP contribution in [0.1, 0.15) is 138 Å². The van der Waals surface area contributed by atoms with E-state index in [0.717, 1.165) is 73.8 Å². The number of carbonyl (C=O) groups excluding carboxylic acids is 2. The monoisotopic (exact) mass is 795 g/mol. The molecule has 7 nitrogen and oxygen atoms in total. The van der Waals surface area contributed by atoms with Crippen LogP contribution >= 0.6 is 0 Å². The number of benzene rings is 1. The zero-order chi connectivity index (χ0) is 39.6. The molecule has 9 aliphatic heterocycles.